The second-order valence-electron chi connectivity index (χ2n) is 9.16. The van der Waals surface area contributed by atoms with Crippen LogP contribution in [0.5, 0.6) is 0 Å². The van der Waals surface area contributed by atoms with Crippen LogP contribution in [-0.2, 0) is 30.4 Å². The van der Waals surface area contributed by atoms with Crippen molar-refractivity contribution in [3.05, 3.63) is 36.0 Å². The lowest BCUT2D eigenvalue weighted by Crippen LogP contribution is -2.58. The van der Waals surface area contributed by atoms with Crippen molar-refractivity contribution < 1.29 is 34.2 Å². The summed E-state index contributed by atoms with van der Waals surface area (Å²) in [5.41, 5.74) is 17.8. The molecule has 4 amide bonds. The number of carboxylic acids is 1. The lowest BCUT2D eigenvalue weighted by molar-refractivity contribution is -0.142. The minimum absolute atomic E-state index is 0.0130. The Bertz CT molecular complexity index is 1150. The van der Waals surface area contributed by atoms with Gasteiger partial charge in [0.25, 0.3) is 0 Å². The average molecular weight is 548 g/mol. The zero-order valence-electron chi connectivity index (χ0n) is 21.5. The third-order valence-electron chi connectivity index (χ3n) is 6.15. The summed E-state index contributed by atoms with van der Waals surface area (Å²) in [6.07, 6.45) is 2.65. The van der Waals surface area contributed by atoms with Crippen molar-refractivity contribution in [1.29, 1.82) is 0 Å². The number of rotatable bonds is 17. The molecule has 0 aliphatic carbocycles. The van der Waals surface area contributed by atoms with Crippen molar-refractivity contribution in [3.8, 4) is 0 Å². The van der Waals surface area contributed by atoms with Crippen LogP contribution in [0.15, 0.2) is 30.5 Å². The summed E-state index contributed by atoms with van der Waals surface area (Å²) in [6, 6.07) is 2.23. The number of aromatic nitrogens is 1. The number of nitrogens with one attached hydrogen (secondary N) is 4. The third-order valence-corrected chi connectivity index (χ3v) is 6.15. The number of aromatic amines is 1. The van der Waals surface area contributed by atoms with Gasteiger partial charge in [-0.15, -0.1) is 0 Å². The van der Waals surface area contributed by atoms with E-state index in [0.29, 0.717) is 24.9 Å². The molecule has 0 bridgehead atoms. The van der Waals surface area contributed by atoms with Crippen LogP contribution in [-0.4, -0.2) is 82.1 Å². The molecule has 14 heteroatoms. The van der Waals surface area contributed by atoms with Crippen molar-refractivity contribution in [2.75, 3.05) is 13.2 Å². The normalized spacial score (nSPS) is 14.1. The number of benzene rings is 1. The number of unbranched alkanes of at least 4 members (excludes halogenated alkanes) is 1. The first-order valence-corrected chi connectivity index (χ1v) is 12.6. The van der Waals surface area contributed by atoms with E-state index in [1.807, 2.05) is 24.3 Å². The summed E-state index contributed by atoms with van der Waals surface area (Å²) in [4.78, 5) is 64.4. The lowest BCUT2D eigenvalue weighted by atomic mass is 10.0. The van der Waals surface area contributed by atoms with Gasteiger partial charge in [0.1, 0.15) is 18.1 Å². The maximum atomic E-state index is 13.2. The van der Waals surface area contributed by atoms with E-state index in [4.69, 9.17) is 17.2 Å². The standard InChI is InChI=1S/C25H37N7O7/c26-10-4-3-7-18(25(38)39)30-23(36)19(11-14-12-29-17-6-2-1-5-15(14)17)31-24(37)20(13-33)32-22(35)16(27)8-9-21(28)34/h1-2,5-6,12,16,18-20,29,33H,3-4,7-11,13,26-27H2,(H2,28,34)(H,30,36)(H,31,37)(H,32,35)(H,38,39). The van der Waals surface area contributed by atoms with Crippen LogP contribution in [0.2, 0.25) is 0 Å². The topological polar surface area (TPSA) is 256 Å². The van der Waals surface area contributed by atoms with E-state index in [2.05, 4.69) is 20.9 Å². The van der Waals surface area contributed by atoms with Crippen LogP contribution in [0.25, 0.3) is 10.9 Å². The summed E-state index contributed by atoms with van der Waals surface area (Å²) in [5.74, 6) is -4.32. The molecule has 39 heavy (non-hydrogen) atoms. The second kappa shape index (κ2) is 15.4. The van der Waals surface area contributed by atoms with Gasteiger partial charge < -0.3 is 48.3 Å². The number of aliphatic hydroxyl groups is 1. The fraction of sp³-hybridized carbons (Fsp3) is 0.480. The van der Waals surface area contributed by atoms with Gasteiger partial charge >= 0.3 is 5.97 Å². The number of H-pyrrole nitrogens is 1. The van der Waals surface area contributed by atoms with Gasteiger partial charge in [0.05, 0.1) is 12.6 Å². The van der Waals surface area contributed by atoms with Crippen molar-refractivity contribution in [3.63, 3.8) is 0 Å². The van der Waals surface area contributed by atoms with Crippen LogP contribution >= 0.6 is 0 Å². The molecule has 2 aromatic rings. The summed E-state index contributed by atoms with van der Waals surface area (Å²) >= 11 is 0. The SMILES string of the molecule is NCCCCC(NC(=O)C(Cc1c[nH]c2ccccc12)NC(=O)C(CO)NC(=O)C(N)CCC(N)=O)C(=O)O. The molecule has 1 aromatic carbocycles. The Hall–Kier alpha value is -4.01. The monoisotopic (exact) mass is 547 g/mol. The summed E-state index contributed by atoms with van der Waals surface area (Å²) in [7, 11) is 0. The summed E-state index contributed by atoms with van der Waals surface area (Å²) in [6.45, 7) is -0.432. The van der Waals surface area contributed by atoms with Gasteiger partial charge in [-0.3, -0.25) is 19.2 Å². The highest BCUT2D eigenvalue weighted by Gasteiger charge is 2.30. The number of hydrogen-bond acceptors (Lipinski definition) is 8. The number of carboxylic acid groups (broad SMARTS) is 1. The molecule has 12 N–H and O–H groups in total. The molecule has 0 spiro atoms. The van der Waals surface area contributed by atoms with Crippen LogP contribution < -0.4 is 33.2 Å². The Morgan fingerprint density at radius 3 is 2.18 bits per heavy atom. The number of fused-ring (bicyclic) bond motifs is 1. The molecular formula is C25H37N7O7. The van der Waals surface area contributed by atoms with E-state index < -0.39 is 60.4 Å². The second-order valence-corrected chi connectivity index (χ2v) is 9.16. The van der Waals surface area contributed by atoms with E-state index >= 15 is 0 Å². The fourth-order valence-corrected chi connectivity index (χ4v) is 3.93. The molecular weight excluding hydrogens is 510 g/mol. The highest BCUT2D eigenvalue weighted by Crippen LogP contribution is 2.19. The predicted octanol–water partition coefficient (Wildman–Crippen LogP) is -2.04. The van der Waals surface area contributed by atoms with E-state index in [9.17, 15) is 34.2 Å². The van der Waals surface area contributed by atoms with Crippen LogP contribution in [0.3, 0.4) is 0 Å². The molecule has 214 valence electrons. The Kier molecular flexibility index (Phi) is 12.3. The number of aliphatic carboxylic acids is 1. The number of aliphatic hydroxyl groups excluding tert-OH is 1. The molecule has 14 nitrogen and oxygen atoms in total. The first-order chi connectivity index (χ1) is 18.6. The number of carbonyl (C=O) groups excluding carboxylic acids is 4. The molecule has 0 aliphatic rings. The minimum atomic E-state index is -1.46. The van der Waals surface area contributed by atoms with Crippen LogP contribution in [0.4, 0.5) is 0 Å². The maximum absolute atomic E-state index is 13.2. The number of primary amides is 1. The summed E-state index contributed by atoms with van der Waals surface area (Å²) < 4.78 is 0. The molecule has 0 radical (unpaired) electrons. The highest BCUT2D eigenvalue weighted by molar-refractivity contribution is 5.95. The number of amides is 4. The minimum Gasteiger partial charge on any atom is -0.480 e. The molecule has 0 aliphatic heterocycles. The van der Waals surface area contributed by atoms with Gasteiger partial charge in [0.2, 0.25) is 23.6 Å². The lowest BCUT2D eigenvalue weighted by Gasteiger charge is -2.24. The van der Waals surface area contributed by atoms with E-state index in [0.717, 1.165) is 10.9 Å². The van der Waals surface area contributed by atoms with Crippen molar-refractivity contribution >= 4 is 40.5 Å². The van der Waals surface area contributed by atoms with Crippen LogP contribution in [0.1, 0.15) is 37.7 Å². The van der Waals surface area contributed by atoms with E-state index in [-0.39, 0.29) is 25.7 Å². The maximum Gasteiger partial charge on any atom is 0.326 e. The Labute approximate surface area is 225 Å². The smallest absolute Gasteiger partial charge is 0.326 e. The predicted molar refractivity (Wildman–Crippen MR) is 142 cm³/mol. The Morgan fingerprint density at radius 2 is 1.54 bits per heavy atom. The van der Waals surface area contributed by atoms with Crippen molar-refractivity contribution in [2.45, 2.75) is 62.7 Å². The highest BCUT2D eigenvalue weighted by atomic mass is 16.4. The molecule has 0 saturated carbocycles. The van der Waals surface area contributed by atoms with Gasteiger partial charge in [-0.25, -0.2) is 4.79 Å². The molecule has 4 unspecified atom stereocenters. The zero-order chi connectivity index (χ0) is 28.9. The molecule has 4 atom stereocenters. The zero-order valence-corrected chi connectivity index (χ0v) is 21.5. The Balaban J connectivity index is 2.21. The molecule has 0 saturated heterocycles. The van der Waals surface area contributed by atoms with Gasteiger partial charge in [-0.2, -0.15) is 0 Å². The van der Waals surface area contributed by atoms with Gasteiger partial charge in [0, 0.05) is 29.9 Å². The number of hydrogen-bond donors (Lipinski definition) is 9. The van der Waals surface area contributed by atoms with Crippen molar-refractivity contribution in [2.24, 2.45) is 17.2 Å². The first kappa shape index (κ1) is 31.2. The molecule has 2 rings (SSSR count). The van der Waals surface area contributed by atoms with E-state index in [1.165, 1.54) is 0 Å². The van der Waals surface area contributed by atoms with Crippen LogP contribution in [0, 0.1) is 0 Å². The number of para-hydroxylation sites is 1. The molecule has 1 heterocycles. The van der Waals surface area contributed by atoms with E-state index in [1.54, 1.807) is 6.20 Å². The van der Waals surface area contributed by atoms with Gasteiger partial charge in [0.15, 0.2) is 0 Å². The van der Waals surface area contributed by atoms with Gasteiger partial charge in [-0.1, -0.05) is 18.2 Å². The largest absolute Gasteiger partial charge is 0.480 e. The quantitative estimate of drug-likeness (QED) is 0.0987. The van der Waals surface area contributed by atoms with Gasteiger partial charge in [-0.05, 0) is 43.9 Å². The summed E-state index contributed by atoms with van der Waals surface area (Å²) in [5, 5.41) is 27.4. The Morgan fingerprint density at radius 1 is 0.897 bits per heavy atom. The average Bonchev–Trinajstić information content (AvgIpc) is 3.31. The third kappa shape index (κ3) is 9.67. The first-order valence-electron chi connectivity index (χ1n) is 12.6. The molecule has 0 fully saturated rings. The number of carbonyl (C=O) groups is 5. The fourth-order valence-electron chi connectivity index (χ4n) is 3.93. The molecule has 1 aromatic heterocycles. The number of nitrogens with two attached hydrogens (primary N) is 3. The van der Waals surface area contributed by atoms with Crippen molar-refractivity contribution in [1.82, 2.24) is 20.9 Å².